The lowest BCUT2D eigenvalue weighted by Crippen LogP contribution is -2.29. The quantitative estimate of drug-likeness (QED) is 0.634. The number of nitro benzene ring substituents is 1. The number of nitrogens with zero attached hydrogens (tertiary/aromatic N) is 1. The molecule has 104 valence electrons. The molecule has 0 aromatic heterocycles. The second-order valence-corrected chi connectivity index (χ2v) is 5.96. The summed E-state index contributed by atoms with van der Waals surface area (Å²) in [6.45, 7) is 2.59. The van der Waals surface area contributed by atoms with Crippen LogP contribution in [0, 0.1) is 16.0 Å². The number of non-ortho nitro benzene ring substituents is 1. The number of thioether (sulfide) groups is 1. The van der Waals surface area contributed by atoms with Crippen LogP contribution in [0.1, 0.15) is 17.3 Å². The zero-order valence-corrected chi connectivity index (χ0v) is 13.1. The molecular weight excluding hydrogens is 332 g/mol. The lowest BCUT2D eigenvalue weighted by molar-refractivity contribution is -0.384. The maximum Gasteiger partial charge on any atom is 0.270 e. The Bertz CT molecular complexity index is 482. The summed E-state index contributed by atoms with van der Waals surface area (Å²) >= 11 is 4.95. The molecule has 19 heavy (non-hydrogen) atoms. The smallest absolute Gasteiger partial charge is 0.270 e. The molecule has 7 heteroatoms. The summed E-state index contributed by atoms with van der Waals surface area (Å²) in [6.07, 6.45) is 2.01. The van der Waals surface area contributed by atoms with E-state index >= 15 is 0 Å². The Labute approximate surface area is 124 Å². The number of hydrogen-bond donors (Lipinski definition) is 1. The second-order valence-electron chi connectivity index (χ2n) is 4.19. The average Bonchev–Trinajstić information content (AvgIpc) is 2.36. The van der Waals surface area contributed by atoms with Gasteiger partial charge in [-0.15, -0.1) is 0 Å². The molecule has 0 aliphatic rings. The van der Waals surface area contributed by atoms with Crippen molar-refractivity contribution >= 4 is 39.3 Å². The van der Waals surface area contributed by atoms with Gasteiger partial charge in [0.1, 0.15) is 0 Å². The molecule has 1 amide bonds. The van der Waals surface area contributed by atoms with Gasteiger partial charge < -0.3 is 5.32 Å². The van der Waals surface area contributed by atoms with Gasteiger partial charge in [0, 0.05) is 23.2 Å². The molecule has 0 heterocycles. The fourth-order valence-corrected chi connectivity index (χ4v) is 2.62. The van der Waals surface area contributed by atoms with Crippen LogP contribution in [0.3, 0.4) is 0 Å². The van der Waals surface area contributed by atoms with Crippen LogP contribution < -0.4 is 5.32 Å². The molecule has 1 atom stereocenters. The predicted octanol–water partition coefficient (Wildman–Crippen LogP) is 3.09. The van der Waals surface area contributed by atoms with Gasteiger partial charge in [0.2, 0.25) is 0 Å². The molecule has 5 nitrogen and oxygen atoms in total. The number of benzene rings is 1. The summed E-state index contributed by atoms with van der Waals surface area (Å²) in [5.41, 5.74) is 0.191. The Balaban J connectivity index is 2.76. The van der Waals surface area contributed by atoms with Crippen molar-refractivity contribution in [1.82, 2.24) is 5.32 Å². The standard InChI is InChI=1S/C12H15BrN2O3S/c1-8(7-19-2)6-14-12(16)10-5-9(15(17)18)3-4-11(10)13/h3-5,8H,6-7H2,1-2H3,(H,14,16). The molecule has 0 fully saturated rings. The van der Waals surface area contributed by atoms with Gasteiger partial charge in [-0.05, 0) is 39.9 Å². The Hall–Kier alpha value is -1.08. The average molecular weight is 347 g/mol. The van der Waals surface area contributed by atoms with Crippen LogP contribution in [-0.2, 0) is 0 Å². The molecule has 1 aromatic carbocycles. The highest BCUT2D eigenvalue weighted by molar-refractivity contribution is 9.10. The minimum Gasteiger partial charge on any atom is -0.352 e. The van der Waals surface area contributed by atoms with Crippen LogP contribution >= 0.6 is 27.7 Å². The summed E-state index contributed by atoms with van der Waals surface area (Å²) in [6, 6.07) is 4.15. The number of carbonyl (C=O) groups is 1. The van der Waals surface area contributed by atoms with E-state index in [2.05, 4.69) is 21.2 Å². The molecule has 0 spiro atoms. The molecule has 1 rings (SSSR count). The Kier molecular flexibility index (Phi) is 6.30. The number of amides is 1. The first-order valence-electron chi connectivity index (χ1n) is 5.66. The monoisotopic (exact) mass is 346 g/mol. The SMILES string of the molecule is CSCC(C)CNC(=O)c1cc([N+](=O)[O-])ccc1Br. The normalized spacial score (nSPS) is 11.9. The topological polar surface area (TPSA) is 72.2 Å². The third-order valence-electron chi connectivity index (χ3n) is 2.47. The number of hydrogen-bond acceptors (Lipinski definition) is 4. The van der Waals surface area contributed by atoms with Gasteiger partial charge in [-0.1, -0.05) is 6.92 Å². The van der Waals surface area contributed by atoms with E-state index in [1.807, 2.05) is 13.2 Å². The number of nitro groups is 1. The van der Waals surface area contributed by atoms with Gasteiger partial charge in [-0.3, -0.25) is 14.9 Å². The highest BCUT2D eigenvalue weighted by Gasteiger charge is 2.15. The van der Waals surface area contributed by atoms with E-state index in [9.17, 15) is 14.9 Å². The Morgan fingerprint density at radius 1 is 1.58 bits per heavy atom. The van der Waals surface area contributed by atoms with Crippen molar-refractivity contribution in [3.05, 3.63) is 38.3 Å². The van der Waals surface area contributed by atoms with E-state index < -0.39 is 4.92 Å². The molecule has 0 bridgehead atoms. The summed E-state index contributed by atoms with van der Waals surface area (Å²) in [7, 11) is 0. The zero-order valence-electron chi connectivity index (χ0n) is 10.7. The van der Waals surface area contributed by atoms with Crippen LogP contribution in [0.25, 0.3) is 0 Å². The molecule has 1 N–H and O–H groups in total. The molecule has 1 unspecified atom stereocenters. The minimum absolute atomic E-state index is 0.0921. The lowest BCUT2D eigenvalue weighted by atomic mass is 10.1. The van der Waals surface area contributed by atoms with Gasteiger partial charge in [0.05, 0.1) is 10.5 Å². The first-order chi connectivity index (χ1) is 8.95. The van der Waals surface area contributed by atoms with E-state index in [4.69, 9.17) is 0 Å². The van der Waals surface area contributed by atoms with Crippen molar-refractivity contribution < 1.29 is 9.72 Å². The number of nitrogens with one attached hydrogen (secondary N) is 1. The van der Waals surface area contributed by atoms with Crippen molar-refractivity contribution in [3.8, 4) is 0 Å². The van der Waals surface area contributed by atoms with Gasteiger partial charge in [-0.25, -0.2) is 0 Å². The van der Waals surface area contributed by atoms with Crippen LogP contribution in [0.4, 0.5) is 5.69 Å². The summed E-state index contributed by atoms with van der Waals surface area (Å²) in [5, 5.41) is 13.5. The first kappa shape index (κ1) is 16.0. The van der Waals surface area contributed by atoms with Gasteiger partial charge in [0.25, 0.3) is 11.6 Å². The minimum atomic E-state index is -0.514. The molecule has 0 saturated carbocycles. The molecule has 0 saturated heterocycles. The maximum absolute atomic E-state index is 12.0. The van der Waals surface area contributed by atoms with Crippen LogP contribution in [0.15, 0.2) is 22.7 Å². The molecule has 0 aliphatic heterocycles. The summed E-state index contributed by atoms with van der Waals surface area (Å²) < 4.78 is 0.549. The van der Waals surface area contributed by atoms with E-state index in [1.165, 1.54) is 18.2 Å². The largest absolute Gasteiger partial charge is 0.352 e. The number of rotatable bonds is 6. The van der Waals surface area contributed by atoms with Gasteiger partial charge in [-0.2, -0.15) is 11.8 Å². The predicted molar refractivity (Wildman–Crippen MR) is 80.7 cm³/mol. The van der Waals surface area contributed by atoms with Crippen LogP contribution in [0.5, 0.6) is 0 Å². The number of carbonyl (C=O) groups excluding carboxylic acids is 1. The third-order valence-corrected chi connectivity index (χ3v) is 4.06. The van der Waals surface area contributed by atoms with E-state index in [1.54, 1.807) is 11.8 Å². The zero-order chi connectivity index (χ0) is 14.4. The van der Waals surface area contributed by atoms with E-state index in [-0.39, 0.29) is 17.2 Å². The summed E-state index contributed by atoms with van der Waals surface area (Å²) in [4.78, 5) is 22.2. The van der Waals surface area contributed by atoms with E-state index in [0.29, 0.717) is 16.9 Å². The van der Waals surface area contributed by atoms with Crippen LogP contribution in [-0.4, -0.2) is 29.4 Å². The number of halogens is 1. The second kappa shape index (κ2) is 7.49. The lowest BCUT2D eigenvalue weighted by Gasteiger charge is -2.11. The van der Waals surface area contributed by atoms with Gasteiger partial charge in [0.15, 0.2) is 0 Å². The molecular formula is C12H15BrN2O3S. The van der Waals surface area contributed by atoms with Gasteiger partial charge >= 0.3 is 0 Å². The van der Waals surface area contributed by atoms with Crippen molar-refractivity contribution in [1.29, 1.82) is 0 Å². The highest BCUT2D eigenvalue weighted by Crippen LogP contribution is 2.22. The third kappa shape index (κ3) is 4.83. The van der Waals surface area contributed by atoms with Crippen molar-refractivity contribution in [2.24, 2.45) is 5.92 Å². The fraction of sp³-hybridized carbons (Fsp3) is 0.417. The molecule has 0 aliphatic carbocycles. The van der Waals surface area contributed by atoms with Crippen LogP contribution in [0.2, 0.25) is 0 Å². The molecule has 1 aromatic rings. The molecule has 0 radical (unpaired) electrons. The highest BCUT2D eigenvalue weighted by atomic mass is 79.9. The Morgan fingerprint density at radius 2 is 2.26 bits per heavy atom. The Morgan fingerprint density at radius 3 is 2.84 bits per heavy atom. The summed E-state index contributed by atoms with van der Waals surface area (Å²) in [5.74, 6) is 1.01. The van der Waals surface area contributed by atoms with Crippen molar-refractivity contribution in [3.63, 3.8) is 0 Å². The maximum atomic E-state index is 12.0. The van der Waals surface area contributed by atoms with Crippen molar-refractivity contribution in [2.45, 2.75) is 6.92 Å². The fourth-order valence-electron chi connectivity index (χ4n) is 1.51. The first-order valence-corrected chi connectivity index (χ1v) is 7.85. The van der Waals surface area contributed by atoms with E-state index in [0.717, 1.165) is 5.75 Å². The van der Waals surface area contributed by atoms with Crippen molar-refractivity contribution in [2.75, 3.05) is 18.6 Å².